The van der Waals surface area contributed by atoms with E-state index in [2.05, 4.69) is 17.0 Å². The molecule has 1 N–H and O–H groups in total. The highest BCUT2D eigenvalue weighted by Gasteiger charge is 2.18. The number of nitrogens with zero attached hydrogens (tertiary/aromatic N) is 3. The standard InChI is InChI=1S/C16H17N3O/c1-3-12-10-14(19(2)18-12)16(20)13-8-4-6-11-7-5-9-17-15(11)13/h4-10,16,20H,3H2,1-2H3. The third kappa shape index (κ3) is 2.08. The molecule has 4 nitrogen and oxygen atoms in total. The second kappa shape index (κ2) is 5.06. The molecule has 1 aromatic carbocycles. The van der Waals surface area contributed by atoms with E-state index in [9.17, 15) is 5.11 Å². The Morgan fingerprint density at radius 1 is 1.25 bits per heavy atom. The molecule has 0 spiro atoms. The summed E-state index contributed by atoms with van der Waals surface area (Å²) in [6.45, 7) is 2.05. The van der Waals surface area contributed by atoms with Crippen LogP contribution in [-0.2, 0) is 13.5 Å². The lowest BCUT2D eigenvalue weighted by molar-refractivity contribution is 0.211. The average Bonchev–Trinajstić information content (AvgIpc) is 2.87. The fourth-order valence-corrected chi connectivity index (χ4v) is 2.48. The maximum absolute atomic E-state index is 10.7. The van der Waals surface area contributed by atoms with Crippen LogP contribution >= 0.6 is 0 Å². The second-order valence-corrected chi connectivity index (χ2v) is 4.86. The number of aromatic nitrogens is 3. The molecular formula is C16H17N3O. The zero-order valence-electron chi connectivity index (χ0n) is 11.6. The first-order valence-electron chi connectivity index (χ1n) is 6.75. The van der Waals surface area contributed by atoms with E-state index in [1.54, 1.807) is 10.9 Å². The third-order valence-electron chi connectivity index (χ3n) is 3.57. The minimum Gasteiger partial charge on any atom is -0.382 e. The molecule has 3 rings (SSSR count). The molecule has 102 valence electrons. The van der Waals surface area contributed by atoms with Crippen LogP contribution in [0.15, 0.2) is 42.6 Å². The highest BCUT2D eigenvalue weighted by molar-refractivity contribution is 5.82. The lowest BCUT2D eigenvalue weighted by atomic mass is 10.0. The molecule has 0 bridgehead atoms. The van der Waals surface area contributed by atoms with E-state index in [1.165, 1.54) is 0 Å². The summed E-state index contributed by atoms with van der Waals surface area (Å²) in [6, 6.07) is 11.7. The van der Waals surface area contributed by atoms with E-state index in [1.807, 2.05) is 43.4 Å². The summed E-state index contributed by atoms with van der Waals surface area (Å²) in [6.07, 6.45) is 1.89. The van der Waals surface area contributed by atoms with E-state index >= 15 is 0 Å². The van der Waals surface area contributed by atoms with Crippen molar-refractivity contribution in [2.75, 3.05) is 0 Å². The Balaban J connectivity index is 2.12. The SMILES string of the molecule is CCc1cc(C(O)c2cccc3cccnc23)n(C)n1. The number of para-hydroxylation sites is 1. The highest BCUT2D eigenvalue weighted by Crippen LogP contribution is 2.27. The fraction of sp³-hybridized carbons (Fsp3) is 0.250. The zero-order valence-corrected chi connectivity index (χ0v) is 11.6. The fourth-order valence-electron chi connectivity index (χ4n) is 2.48. The Kier molecular flexibility index (Phi) is 3.24. The van der Waals surface area contributed by atoms with Crippen molar-refractivity contribution in [1.29, 1.82) is 0 Å². The lowest BCUT2D eigenvalue weighted by Crippen LogP contribution is -2.07. The van der Waals surface area contributed by atoms with Gasteiger partial charge in [0.15, 0.2) is 0 Å². The Labute approximate surface area is 117 Å². The Morgan fingerprint density at radius 2 is 2.05 bits per heavy atom. The number of aliphatic hydroxyl groups excluding tert-OH is 1. The van der Waals surface area contributed by atoms with Crippen molar-refractivity contribution >= 4 is 10.9 Å². The van der Waals surface area contributed by atoms with Crippen molar-refractivity contribution in [2.24, 2.45) is 7.05 Å². The van der Waals surface area contributed by atoms with Crippen molar-refractivity contribution < 1.29 is 5.11 Å². The molecule has 0 amide bonds. The zero-order chi connectivity index (χ0) is 14.1. The summed E-state index contributed by atoms with van der Waals surface area (Å²) in [5, 5.41) is 16.1. The molecule has 1 unspecified atom stereocenters. The van der Waals surface area contributed by atoms with Gasteiger partial charge in [0.2, 0.25) is 0 Å². The van der Waals surface area contributed by atoms with Crippen LogP contribution in [0.2, 0.25) is 0 Å². The Morgan fingerprint density at radius 3 is 2.80 bits per heavy atom. The van der Waals surface area contributed by atoms with Crippen molar-refractivity contribution in [2.45, 2.75) is 19.4 Å². The quantitative estimate of drug-likeness (QED) is 0.793. The van der Waals surface area contributed by atoms with Gasteiger partial charge in [-0.2, -0.15) is 5.10 Å². The summed E-state index contributed by atoms with van der Waals surface area (Å²) in [7, 11) is 1.86. The van der Waals surface area contributed by atoms with Gasteiger partial charge >= 0.3 is 0 Å². The van der Waals surface area contributed by atoms with Gasteiger partial charge in [0.25, 0.3) is 0 Å². The maximum Gasteiger partial charge on any atom is 0.123 e. The topological polar surface area (TPSA) is 50.9 Å². The van der Waals surface area contributed by atoms with Gasteiger partial charge in [0, 0.05) is 24.2 Å². The molecule has 1 atom stereocenters. The van der Waals surface area contributed by atoms with Crippen molar-refractivity contribution in [1.82, 2.24) is 14.8 Å². The molecule has 0 radical (unpaired) electrons. The summed E-state index contributed by atoms with van der Waals surface area (Å²) in [5.41, 5.74) is 3.42. The van der Waals surface area contributed by atoms with Crippen LogP contribution in [0, 0.1) is 0 Å². The van der Waals surface area contributed by atoms with Crippen molar-refractivity contribution in [3.05, 3.63) is 59.5 Å². The predicted octanol–water partition coefficient (Wildman–Crippen LogP) is 2.61. The molecule has 0 aliphatic carbocycles. The Hall–Kier alpha value is -2.20. The maximum atomic E-state index is 10.7. The summed E-state index contributed by atoms with van der Waals surface area (Å²) >= 11 is 0. The summed E-state index contributed by atoms with van der Waals surface area (Å²) in [5.74, 6) is 0. The molecule has 20 heavy (non-hydrogen) atoms. The molecule has 0 aliphatic rings. The van der Waals surface area contributed by atoms with Crippen LogP contribution in [0.1, 0.15) is 30.0 Å². The van der Waals surface area contributed by atoms with Crippen LogP contribution in [0.4, 0.5) is 0 Å². The largest absolute Gasteiger partial charge is 0.382 e. The molecule has 0 saturated carbocycles. The molecule has 2 aromatic heterocycles. The van der Waals surface area contributed by atoms with E-state index in [0.29, 0.717) is 0 Å². The molecule has 4 heteroatoms. The number of pyridine rings is 1. The first kappa shape index (κ1) is 12.8. The van der Waals surface area contributed by atoms with E-state index in [-0.39, 0.29) is 0 Å². The van der Waals surface area contributed by atoms with Gasteiger partial charge in [-0.15, -0.1) is 0 Å². The van der Waals surface area contributed by atoms with E-state index in [0.717, 1.165) is 34.3 Å². The summed E-state index contributed by atoms with van der Waals surface area (Å²) < 4.78 is 1.74. The van der Waals surface area contributed by atoms with Crippen molar-refractivity contribution in [3.63, 3.8) is 0 Å². The van der Waals surface area contributed by atoms with Gasteiger partial charge in [-0.05, 0) is 18.6 Å². The number of hydrogen-bond acceptors (Lipinski definition) is 3. The number of fused-ring (bicyclic) bond motifs is 1. The van der Waals surface area contributed by atoms with Crippen LogP contribution in [0.3, 0.4) is 0 Å². The minimum atomic E-state index is -0.716. The normalized spacial score (nSPS) is 12.8. The number of benzene rings is 1. The number of hydrogen-bond donors (Lipinski definition) is 1. The number of aliphatic hydroxyl groups is 1. The number of aryl methyl sites for hydroxylation is 2. The summed E-state index contributed by atoms with van der Waals surface area (Å²) in [4.78, 5) is 4.39. The van der Waals surface area contributed by atoms with Crippen LogP contribution in [0.25, 0.3) is 10.9 Å². The minimum absolute atomic E-state index is 0.716. The second-order valence-electron chi connectivity index (χ2n) is 4.86. The van der Waals surface area contributed by atoms with Gasteiger partial charge in [-0.3, -0.25) is 9.67 Å². The molecule has 3 aromatic rings. The van der Waals surface area contributed by atoms with Gasteiger partial charge in [0.1, 0.15) is 6.10 Å². The smallest absolute Gasteiger partial charge is 0.123 e. The van der Waals surface area contributed by atoms with Crippen LogP contribution in [0.5, 0.6) is 0 Å². The van der Waals surface area contributed by atoms with Gasteiger partial charge in [0.05, 0.1) is 16.9 Å². The van der Waals surface area contributed by atoms with Gasteiger partial charge < -0.3 is 5.11 Å². The average molecular weight is 267 g/mol. The van der Waals surface area contributed by atoms with Crippen LogP contribution in [-0.4, -0.2) is 19.9 Å². The first-order valence-corrected chi connectivity index (χ1v) is 6.75. The van der Waals surface area contributed by atoms with Crippen LogP contribution < -0.4 is 0 Å². The third-order valence-corrected chi connectivity index (χ3v) is 3.57. The molecule has 0 fully saturated rings. The first-order chi connectivity index (χ1) is 9.70. The van der Waals surface area contributed by atoms with E-state index in [4.69, 9.17) is 0 Å². The molecular weight excluding hydrogens is 250 g/mol. The highest BCUT2D eigenvalue weighted by atomic mass is 16.3. The van der Waals surface area contributed by atoms with Gasteiger partial charge in [-0.25, -0.2) is 0 Å². The molecule has 0 saturated heterocycles. The molecule has 2 heterocycles. The van der Waals surface area contributed by atoms with E-state index < -0.39 is 6.10 Å². The van der Waals surface area contributed by atoms with Gasteiger partial charge in [-0.1, -0.05) is 31.2 Å². The lowest BCUT2D eigenvalue weighted by Gasteiger charge is -2.13. The monoisotopic (exact) mass is 267 g/mol. The Bertz CT molecular complexity index is 743. The van der Waals surface area contributed by atoms with Crippen molar-refractivity contribution in [3.8, 4) is 0 Å². The predicted molar refractivity (Wildman–Crippen MR) is 78.4 cm³/mol. The molecule has 0 aliphatic heterocycles. The number of rotatable bonds is 3.